The Morgan fingerprint density at radius 1 is 1.19 bits per heavy atom. The summed E-state index contributed by atoms with van der Waals surface area (Å²) in [5, 5.41) is 3.37. The average Bonchev–Trinajstić information content (AvgIpc) is 2.89. The van der Waals surface area contributed by atoms with Crippen molar-refractivity contribution in [3.63, 3.8) is 0 Å². The lowest BCUT2D eigenvalue weighted by Gasteiger charge is -2.27. The third-order valence-corrected chi connectivity index (χ3v) is 3.79. The van der Waals surface area contributed by atoms with Crippen LogP contribution < -0.4 is 5.32 Å². The van der Waals surface area contributed by atoms with Gasteiger partial charge in [0.1, 0.15) is 0 Å². The molecule has 0 bridgehead atoms. The fourth-order valence-electron chi connectivity index (χ4n) is 2.87. The van der Waals surface area contributed by atoms with Crippen LogP contribution in [0.1, 0.15) is 0 Å². The van der Waals surface area contributed by atoms with Crippen LogP contribution in [0.3, 0.4) is 0 Å². The molecule has 5 heteroatoms. The monoisotopic (exact) mass is 226 g/mol. The maximum Gasteiger partial charge on any atom is 0.254 e. The minimum Gasteiger partial charge on any atom is -0.376 e. The average molecular weight is 226 g/mol. The van der Waals surface area contributed by atoms with Gasteiger partial charge in [0.05, 0.1) is 19.8 Å². The lowest BCUT2D eigenvalue weighted by Crippen LogP contribution is -2.45. The van der Waals surface area contributed by atoms with Crippen LogP contribution in [-0.4, -0.2) is 62.9 Å². The van der Waals surface area contributed by atoms with Gasteiger partial charge in [0.25, 0.3) is 5.91 Å². The van der Waals surface area contributed by atoms with Crippen LogP contribution in [-0.2, 0) is 14.3 Å². The summed E-state index contributed by atoms with van der Waals surface area (Å²) in [5.74, 6) is 1.41. The predicted octanol–water partition coefficient (Wildman–Crippen LogP) is -0.920. The van der Waals surface area contributed by atoms with Crippen LogP contribution >= 0.6 is 0 Å². The van der Waals surface area contributed by atoms with Gasteiger partial charge in [-0.2, -0.15) is 0 Å². The van der Waals surface area contributed by atoms with Gasteiger partial charge in [-0.1, -0.05) is 0 Å². The first-order valence-electron chi connectivity index (χ1n) is 6.03. The third kappa shape index (κ3) is 1.83. The van der Waals surface area contributed by atoms with Gasteiger partial charge in [-0.05, 0) is 11.8 Å². The van der Waals surface area contributed by atoms with Gasteiger partial charge in [-0.3, -0.25) is 4.79 Å². The summed E-state index contributed by atoms with van der Waals surface area (Å²) in [6, 6.07) is 0. The Morgan fingerprint density at radius 3 is 2.56 bits per heavy atom. The summed E-state index contributed by atoms with van der Waals surface area (Å²) in [7, 11) is 0. The molecular formula is C11H18N2O3. The predicted molar refractivity (Wildman–Crippen MR) is 57.0 cm³/mol. The number of carbonyl (C=O) groups is 1. The van der Waals surface area contributed by atoms with Gasteiger partial charge in [0.15, 0.2) is 6.10 Å². The van der Waals surface area contributed by atoms with Crippen LogP contribution in [0.15, 0.2) is 0 Å². The zero-order chi connectivity index (χ0) is 11.0. The normalized spacial score (nSPS) is 38.8. The van der Waals surface area contributed by atoms with E-state index in [1.165, 1.54) is 0 Å². The molecule has 0 radical (unpaired) electrons. The van der Waals surface area contributed by atoms with E-state index < -0.39 is 0 Å². The molecule has 3 saturated heterocycles. The minimum absolute atomic E-state index is 0.120. The van der Waals surface area contributed by atoms with E-state index in [-0.39, 0.29) is 12.0 Å². The lowest BCUT2D eigenvalue weighted by atomic mass is 10.0. The van der Waals surface area contributed by atoms with E-state index in [9.17, 15) is 4.79 Å². The second kappa shape index (κ2) is 4.31. The highest BCUT2D eigenvalue weighted by Gasteiger charge is 2.40. The van der Waals surface area contributed by atoms with E-state index in [1.54, 1.807) is 0 Å². The highest BCUT2D eigenvalue weighted by molar-refractivity contribution is 5.81. The van der Waals surface area contributed by atoms with E-state index in [0.29, 0.717) is 31.7 Å². The molecule has 0 aromatic carbocycles. The Morgan fingerprint density at radius 2 is 1.94 bits per heavy atom. The molecule has 0 aromatic heterocycles. The van der Waals surface area contributed by atoms with Crippen molar-refractivity contribution in [1.82, 2.24) is 10.2 Å². The number of carbonyl (C=O) groups excluding carboxylic acids is 1. The second-order valence-electron chi connectivity index (χ2n) is 4.86. The smallest absolute Gasteiger partial charge is 0.254 e. The summed E-state index contributed by atoms with van der Waals surface area (Å²) >= 11 is 0. The quantitative estimate of drug-likeness (QED) is 0.628. The van der Waals surface area contributed by atoms with Crippen molar-refractivity contribution in [1.29, 1.82) is 0 Å². The third-order valence-electron chi connectivity index (χ3n) is 3.79. The molecular weight excluding hydrogens is 208 g/mol. The van der Waals surface area contributed by atoms with Crippen molar-refractivity contribution in [3.05, 3.63) is 0 Å². The number of likely N-dealkylation sites (tertiary alicyclic amines) is 1. The minimum atomic E-state index is -0.361. The molecule has 0 aromatic rings. The summed E-state index contributed by atoms with van der Waals surface area (Å²) in [5.41, 5.74) is 0. The molecule has 0 spiro atoms. The van der Waals surface area contributed by atoms with E-state index in [4.69, 9.17) is 9.47 Å². The van der Waals surface area contributed by atoms with E-state index in [2.05, 4.69) is 5.32 Å². The van der Waals surface area contributed by atoms with Crippen molar-refractivity contribution in [2.75, 3.05) is 46.0 Å². The summed E-state index contributed by atoms with van der Waals surface area (Å²) in [4.78, 5) is 14.1. The number of amides is 1. The number of nitrogens with one attached hydrogen (secondary N) is 1. The van der Waals surface area contributed by atoms with E-state index >= 15 is 0 Å². The topological polar surface area (TPSA) is 50.8 Å². The SMILES string of the molecule is O=C(C1COCCO1)N1CC2CNCC2C1. The first-order valence-corrected chi connectivity index (χ1v) is 6.03. The molecule has 5 nitrogen and oxygen atoms in total. The Hall–Kier alpha value is -0.650. The molecule has 0 saturated carbocycles. The highest BCUT2D eigenvalue weighted by atomic mass is 16.6. The number of fused-ring (bicyclic) bond motifs is 1. The molecule has 3 unspecified atom stereocenters. The molecule has 1 amide bonds. The van der Waals surface area contributed by atoms with Gasteiger partial charge in [-0.15, -0.1) is 0 Å². The first-order chi connectivity index (χ1) is 7.84. The van der Waals surface area contributed by atoms with Crippen molar-refractivity contribution in [2.45, 2.75) is 6.10 Å². The van der Waals surface area contributed by atoms with Crippen molar-refractivity contribution in [3.8, 4) is 0 Å². The largest absolute Gasteiger partial charge is 0.376 e. The molecule has 90 valence electrons. The zero-order valence-corrected chi connectivity index (χ0v) is 9.35. The van der Waals surface area contributed by atoms with Crippen LogP contribution in [0.5, 0.6) is 0 Å². The number of hydrogen-bond acceptors (Lipinski definition) is 4. The number of nitrogens with zero attached hydrogens (tertiary/aromatic N) is 1. The Labute approximate surface area is 95.1 Å². The molecule has 3 atom stereocenters. The standard InChI is InChI=1S/C11H18N2O3/c14-11(10-7-15-1-2-16-10)13-5-8-3-12-4-9(8)6-13/h8-10,12H,1-7H2. The molecule has 1 N–H and O–H groups in total. The molecule has 0 aliphatic carbocycles. The van der Waals surface area contributed by atoms with Crippen LogP contribution in [0.4, 0.5) is 0 Å². The van der Waals surface area contributed by atoms with E-state index in [1.807, 2.05) is 4.90 Å². The summed E-state index contributed by atoms with van der Waals surface area (Å²) in [6.07, 6.45) is -0.361. The van der Waals surface area contributed by atoms with E-state index in [0.717, 1.165) is 26.2 Å². The van der Waals surface area contributed by atoms with Crippen molar-refractivity contribution < 1.29 is 14.3 Å². The van der Waals surface area contributed by atoms with Crippen LogP contribution in [0.25, 0.3) is 0 Å². The molecule has 3 aliphatic rings. The molecule has 3 aliphatic heterocycles. The lowest BCUT2D eigenvalue weighted by molar-refractivity contribution is -0.157. The summed E-state index contributed by atoms with van der Waals surface area (Å²) in [6.45, 7) is 5.44. The maximum atomic E-state index is 12.1. The molecule has 16 heavy (non-hydrogen) atoms. The Balaban J connectivity index is 1.59. The molecule has 3 heterocycles. The number of hydrogen-bond donors (Lipinski definition) is 1. The fourth-order valence-corrected chi connectivity index (χ4v) is 2.87. The van der Waals surface area contributed by atoms with Gasteiger partial charge in [0, 0.05) is 26.2 Å². The molecule has 3 rings (SSSR count). The van der Waals surface area contributed by atoms with Crippen LogP contribution in [0, 0.1) is 11.8 Å². The second-order valence-corrected chi connectivity index (χ2v) is 4.86. The first kappa shape index (κ1) is 10.5. The highest BCUT2D eigenvalue weighted by Crippen LogP contribution is 2.27. The fraction of sp³-hybridized carbons (Fsp3) is 0.909. The van der Waals surface area contributed by atoms with Gasteiger partial charge in [-0.25, -0.2) is 0 Å². The Bertz CT molecular complexity index is 266. The van der Waals surface area contributed by atoms with Gasteiger partial charge >= 0.3 is 0 Å². The zero-order valence-electron chi connectivity index (χ0n) is 9.35. The van der Waals surface area contributed by atoms with Crippen molar-refractivity contribution in [2.24, 2.45) is 11.8 Å². The Kier molecular flexibility index (Phi) is 2.83. The summed E-state index contributed by atoms with van der Waals surface area (Å²) < 4.78 is 10.7. The molecule has 3 fully saturated rings. The van der Waals surface area contributed by atoms with Crippen LogP contribution in [0.2, 0.25) is 0 Å². The number of rotatable bonds is 1. The van der Waals surface area contributed by atoms with Crippen molar-refractivity contribution >= 4 is 5.91 Å². The van der Waals surface area contributed by atoms with Gasteiger partial charge in [0.2, 0.25) is 0 Å². The maximum absolute atomic E-state index is 12.1. The van der Waals surface area contributed by atoms with Gasteiger partial charge < -0.3 is 19.7 Å². The number of ether oxygens (including phenoxy) is 2.